The maximum Gasteiger partial charge on any atom is 0.0650 e. The zero-order valence-electron chi connectivity index (χ0n) is 8.51. The Kier molecular flexibility index (Phi) is 2.38. The van der Waals surface area contributed by atoms with Crippen LogP contribution in [0.4, 0.5) is 0 Å². The first-order valence-electron chi connectivity index (χ1n) is 5.32. The van der Waals surface area contributed by atoms with Crippen LogP contribution in [0.25, 0.3) is 0 Å². The van der Waals surface area contributed by atoms with E-state index in [-0.39, 0.29) is 0 Å². The normalized spacial score (nSPS) is 18.7. The van der Waals surface area contributed by atoms with E-state index in [2.05, 4.69) is 30.1 Å². The van der Waals surface area contributed by atoms with Crippen LogP contribution < -0.4 is 0 Å². The average molecular weight is 178 g/mol. The fourth-order valence-corrected chi connectivity index (χ4v) is 2.09. The van der Waals surface area contributed by atoms with E-state index in [9.17, 15) is 0 Å². The summed E-state index contributed by atoms with van der Waals surface area (Å²) in [6, 6.07) is 2.25. The number of aromatic nitrogens is 2. The van der Waals surface area contributed by atoms with Crippen LogP contribution in [0.2, 0.25) is 0 Å². The SMILES string of the molecule is CC(C)c1cc(C2CCCC2)[nH]n1. The molecule has 0 atom stereocenters. The van der Waals surface area contributed by atoms with Gasteiger partial charge in [0.2, 0.25) is 0 Å². The molecule has 13 heavy (non-hydrogen) atoms. The Labute approximate surface area is 79.7 Å². The van der Waals surface area contributed by atoms with Gasteiger partial charge in [-0.2, -0.15) is 5.10 Å². The number of H-pyrrole nitrogens is 1. The molecule has 0 unspecified atom stereocenters. The zero-order valence-corrected chi connectivity index (χ0v) is 8.51. The quantitative estimate of drug-likeness (QED) is 0.740. The molecule has 2 heteroatoms. The molecule has 0 spiro atoms. The molecule has 1 aromatic rings. The Hall–Kier alpha value is -0.790. The third-order valence-electron chi connectivity index (χ3n) is 3.00. The van der Waals surface area contributed by atoms with Crippen molar-refractivity contribution in [2.45, 2.75) is 51.4 Å². The summed E-state index contributed by atoms with van der Waals surface area (Å²) in [7, 11) is 0. The van der Waals surface area contributed by atoms with Crippen LogP contribution in [0.1, 0.15) is 62.8 Å². The van der Waals surface area contributed by atoms with Crippen molar-refractivity contribution in [1.29, 1.82) is 0 Å². The standard InChI is InChI=1S/C11H18N2/c1-8(2)10-7-11(13-12-10)9-5-3-4-6-9/h7-9H,3-6H2,1-2H3,(H,12,13). The predicted octanol–water partition coefficient (Wildman–Crippen LogP) is 3.19. The third kappa shape index (κ3) is 1.77. The smallest absolute Gasteiger partial charge is 0.0650 e. The Balaban J connectivity index is 2.12. The van der Waals surface area contributed by atoms with Gasteiger partial charge in [0.05, 0.1) is 5.69 Å². The molecule has 1 heterocycles. The minimum absolute atomic E-state index is 0.548. The lowest BCUT2D eigenvalue weighted by atomic mass is 10.0. The molecule has 1 aliphatic carbocycles. The van der Waals surface area contributed by atoms with Crippen molar-refractivity contribution in [1.82, 2.24) is 10.2 Å². The van der Waals surface area contributed by atoms with Crippen molar-refractivity contribution in [2.75, 3.05) is 0 Å². The molecule has 1 N–H and O–H groups in total. The largest absolute Gasteiger partial charge is 0.282 e. The van der Waals surface area contributed by atoms with Crippen molar-refractivity contribution < 1.29 is 0 Å². The second-order valence-electron chi connectivity index (χ2n) is 4.38. The predicted molar refractivity (Wildman–Crippen MR) is 53.9 cm³/mol. The number of nitrogens with zero attached hydrogens (tertiary/aromatic N) is 1. The van der Waals surface area contributed by atoms with E-state index in [0.29, 0.717) is 5.92 Å². The fourth-order valence-electron chi connectivity index (χ4n) is 2.09. The summed E-state index contributed by atoms with van der Waals surface area (Å²) in [6.45, 7) is 4.38. The summed E-state index contributed by atoms with van der Waals surface area (Å²) in [5.74, 6) is 1.31. The lowest BCUT2D eigenvalue weighted by Crippen LogP contribution is -1.91. The van der Waals surface area contributed by atoms with Gasteiger partial charge in [-0.25, -0.2) is 0 Å². The van der Waals surface area contributed by atoms with Crippen LogP contribution >= 0.6 is 0 Å². The van der Waals surface area contributed by atoms with E-state index in [1.54, 1.807) is 0 Å². The third-order valence-corrected chi connectivity index (χ3v) is 3.00. The van der Waals surface area contributed by atoms with E-state index < -0.39 is 0 Å². The molecule has 2 rings (SSSR count). The van der Waals surface area contributed by atoms with E-state index in [1.165, 1.54) is 37.1 Å². The number of nitrogens with one attached hydrogen (secondary N) is 1. The number of rotatable bonds is 2. The van der Waals surface area contributed by atoms with E-state index in [1.807, 2.05) is 0 Å². The molecule has 0 saturated heterocycles. The summed E-state index contributed by atoms with van der Waals surface area (Å²) in [5, 5.41) is 7.51. The van der Waals surface area contributed by atoms with Crippen LogP contribution in [-0.4, -0.2) is 10.2 Å². The minimum atomic E-state index is 0.548. The Morgan fingerprint density at radius 1 is 1.38 bits per heavy atom. The molecule has 1 fully saturated rings. The number of hydrogen-bond acceptors (Lipinski definition) is 1. The summed E-state index contributed by atoms with van der Waals surface area (Å²) < 4.78 is 0. The van der Waals surface area contributed by atoms with Crippen molar-refractivity contribution >= 4 is 0 Å². The average Bonchev–Trinajstić information content (AvgIpc) is 2.75. The van der Waals surface area contributed by atoms with Crippen LogP contribution in [0.5, 0.6) is 0 Å². The summed E-state index contributed by atoms with van der Waals surface area (Å²) >= 11 is 0. The first kappa shape index (κ1) is 8.79. The number of aromatic amines is 1. The molecule has 0 radical (unpaired) electrons. The summed E-state index contributed by atoms with van der Waals surface area (Å²) in [6.07, 6.45) is 5.47. The van der Waals surface area contributed by atoms with Gasteiger partial charge in [-0.15, -0.1) is 0 Å². The number of hydrogen-bond donors (Lipinski definition) is 1. The van der Waals surface area contributed by atoms with Crippen LogP contribution in [0.15, 0.2) is 6.07 Å². The summed E-state index contributed by atoms with van der Waals surface area (Å²) in [4.78, 5) is 0. The van der Waals surface area contributed by atoms with Gasteiger partial charge in [-0.05, 0) is 24.8 Å². The van der Waals surface area contributed by atoms with Gasteiger partial charge < -0.3 is 0 Å². The van der Waals surface area contributed by atoms with Gasteiger partial charge in [-0.3, -0.25) is 5.10 Å². The molecule has 1 aromatic heterocycles. The second-order valence-corrected chi connectivity index (χ2v) is 4.38. The van der Waals surface area contributed by atoms with E-state index in [4.69, 9.17) is 0 Å². The highest BCUT2D eigenvalue weighted by Gasteiger charge is 2.19. The first-order valence-corrected chi connectivity index (χ1v) is 5.32. The van der Waals surface area contributed by atoms with Crippen molar-refractivity contribution in [3.8, 4) is 0 Å². The van der Waals surface area contributed by atoms with Crippen LogP contribution in [0.3, 0.4) is 0 Å². The lowest BCUT2D eigenvalue weighted by molar-refractivity contribution is 0.692. The van der Waals surface area contributed by atoms with Crippen molar-refractivity contribution in [2.24, 2.45) is 0 Å². The molecule has 1 saturated carbocycles. The molecule has 0 aromatic carbocycles. The molecular weight excluding hydrogens is 160 g/mol. The van der Waals surface area contributed by atoms with Crippen LogP contribution in [-0.2, 0) is 0 Å². The fraction of sp³-hybridized carbons (Fsp3) is 0.727. The molecular formula is C11H18N2. The maximum absolute atomic E-state index is 4.34. The first-order chi connectivity index (χ1) is 6.27. The molecule has 72 valence electrons. The summed E-state index contributed by atoms with van der Waals surface area (Å²) in [5.41, 5.74) is 2.57. The van der Waals surface area contributed by atoms with Crippen molar-refractivity contribution in [3.05, 3.63) is 17.5 Å². The van der Waals surface area contributed by atoms with Gasteiger partial charge in [0.1, 0.15) is 0 Å². The topological polar surface area (TPSA) is 28.7 Å². The Bertz CT molecular complexity index is 269. The highest BCUT2D eigenvalue weighted by molar-refractivity contribution is 5.16. The minimum Gasteiger partial charge on any atom is -0.282 e. The molecule has 2 nitrogen and oxygen atoms in total. The zero-order chi connectivity index (χ0) is 9.26. The highest BCUT2D eigenvalue weighted by atomic mass is 15.1. The Morgan fingerprint density at radius 2 is 2.08 bits per heavy atom. The second kappa shape index (κ2) is 3.52. The monoisotopic (exact) mass is 178 g/mol. The molecule has 1 aliphatic rings. The van der Waals surface area contributed by atoms with E-state index >= 15 is 0 Å². The van der Waals surface area contributed by atoms with Gasteiger partial charge in [0, 0.05) is 11.6 Å². The van der Waals surface area contributed by atoms with E-state index in [0.717, 1.165) is 5.92 Å². The maximum atomic E-state index is 4.34. The molecule has 0 aliphatic heterocycles. The van der Waals surface area contributed by atoms with Gasteiger partial charge in [0.25, 0.3) is 0 Å². The van der Waals surface area contributed by atoms with Crippen molar-refractivity contribution in [3.63, 3.8) is 0 Å². The van der Waals surface area contributed by atoms with Gasteiger partial charge in [-0.1, -0.05) is 26.7 Å². The lowest BCUT2D eigenvalue weighted by Gasteiger charge is -2.03. The highest BCUT2D eigenvalue weighted by Crippen LogP contribution is 2.33. The van der Waals surface area contributed by atoms with Gasteiger partial charge in [0.15, 0.2) is 0 Å². The molecule has 0 amide bonds. The molecule has 0 bridgehead atoms. The van der Waals surface area contributed by atoms with Crippen LogP contribution in [0, 0.1) is 0 Å². The van der Waals surface area contributed by atoms with Gasteiger partial charge >= 0.3 is 0 Å². The Morgan fingerprint density at radius 3 is 2.62 bits per heavy atom.